The van der Waals surface area contributed by atoms with Gasteiger partial charge in [-0.15, -0.1) is 0 Å². The lowest BCUT2D eigenvalue weighted by atomic mass is 10.2. The minimum absolute atomic E-state index is 0.326. The molecule has 1 N–H and O–H groups in total. The first kappa shape index (κ1) is 14.1. The van der Waals surface area contributed by atoms with Gasteiger partial charge in [0, 0.05) is 5.02 Å². The Kier molecular flexibility index (Phi) is 4.74. The molecule has 0 aromatic heterocycles. The summed E-state index contributed by atoms with van der Waals surface area (Å²) in [7, 11) is 1.52. The lowest BCUT2D eigenvalue weighted by Crippen LogP contribution is -2.18. The molecule has 0 bridgehead atoms. The van der Waals surface area contributed by atoms with Gasteiger partial charge in [-0.3, -0.25) is 4.79 Å². The van der Waals surface area contributed by atoms with Crippen LogP contribution in [0.4, 0.5) is 0 Å². The van der Waals surface area contributed by atoms with E-state index in [9.17, 15) is 4.79 Å². The second kappa shape index (κ2) is 6.73. The van der Waals surface area contributed by atoms with Gasteiger partial charge in [0.25, 0.3) is 5.91 Å². The molecule has 0 atom stereocenters. The van der Waals surface area contributed by atoms with E-state index in [1.165, 1.54) is 7.11 Å². The third-order valence-corrected chi connectivity index (χ3v) is 2.85. The largest absolute Gasteiger partial charge is 0.496 e. The summed E-state index contributed by atoms with van der Waals surface area (Å²) in [5, 5.41) is 4.55. The quantitative estimate of drug-likeness (QED) is 0.694. The second-order valence-corrected chi connectivity index (χ2v) is 4.39. The molecule has 0 saturated heterocycles. The summed E-state index contributed by atoms with van der Waals surface area (Å²) in [6.07, 6.45) is 1.55. The molecule has 1 amide bonds. The molecule has 0 heterocycles. The fourth-order valence-electron chi connectivity index (χ4n) is 1.61. The molecule has 2 aromatic rings. The zero-order valence-corrected chi connectivity index (χ0v) is 11.6. The molecule has 4 nitrogen and oxygen atoms in total. The predicted octanol–water partition coefficient (Wildman–Crippen LogP) is 3.11. The molecule has 5 heteroatoms. The number of hydrazone groups is 1. The average molecular weight is 289 g/mol. The summed E-state index contributed by atoms with van der Waals surface area (Å²) >= 11 is 5.78. The van der Waals surface area contributed by atoms with E-state index >= 15 is 0 Å². The van der Waals surface area contributed by atoms with Crippen molar-refractivity contribution in [3.05, 3.63) is 64.7 Å². The normalized spacial score (nSPS) is 10.5. The molecule has 2 rings (SSSR count). The maximum absolute atomic E-state index is 11.9. The molecule has 0 aliphatic carbocycles. The number of hydrogen-bond donors (Lipinski definition) is 1. The highest BCUT2D eigenvalue weighted by Crippen LogP contribution is 2.16. The van der Waals surface area contributed by atoms with E-state index in [0.717, 1.165) is 5.56 Å². The summed E-state index contributed by atoms with van der Waals surface area (Å²) in [4.78, 5) is 11.9. The van der Waals surface area contributed by atoms with Gasteiger partial charge in [0.2, 0.25) is 0 Å². The van der Waals surface area contributed by atoms with Crippen molar-refractivity contribution in [3.8, 4) is 5.75 Å². The number of nitrogens with one attached hydrogen (secondary N) is 1. The third kappa shape index (κ3) is 3.59. The number of ether oxygens (including phenoxy) is 1. The van der Waals surface area contributed by atoms with Crippen LogP contribution in [0.5, 0.6) is 5.75 Å². The highest BCUT2D eigenvalue weighted by atomic mass is 35.5. The minimum Gasteiger partial charge on any atom is -0.496 e. The first-order valence-electron chi connectivity index (χ1n) is 5.92. The number of nitrogens with zero attached hydrogens (tertiary/aromatic N) is 1. The highest BCUT2D eigenvalue weighted by Gasteiger charge is 2.09. The Hall–Kier alpha value is -2.33. The second-order valence-electron chi connectivity index (χ2n) is 3.95. The number of rotatable bonds is 4. The van der Waals surface area contributed by atoms with Crippen LogP contribution < -0.4 is 10.2 Å². The fourth-order valence-corrected chi connectivity index (χ4v) is 1.73. The molecule has 0 aliphatic heterocycles. The summed E-state index contributed by atoms with van der Waals surface area (Å²) in [6.45, 7) is 0. The fraction of sp³-hybridized carbons (Fsp3) is 0.0667. The number of carbonyl (C=O) groups is 1. The molecule has 102 valence electrons. The Labute approximate surface area is 122 Å². The highest BCUT2D eigenvalue weighted by molar-refractivity contribution is 6.30. The summed E-state index contributed by atoms with van der Waals surface area (Å²) in [6, 6.07) is 14.1. The van der Waals surface area contributed by atoms with Crippen LogP contribution in [0.15, 0.2) is 53.6 Å². The molecule has 0 unspecified atom stereocenters. The molecule has 0 spiro atoms. The number of carbonyl (C=O) groups excluding carboxylic acids is 1. The van der Waals surface area contributed by atoms with Crippen LogP contribution in [0.1, 0.15) is 15.9 Å². The molecule has 0 fully saturated rings. The van der Waals surface area contributed by atoms with Gasteiger partial charge in [0.1, 0.15) is 5.75 Å². The van der Waals surface area contributed by atoms with Crippen LogP contribution in [0.3, 0.4) is 0 Å². The van der Waals surface area contributed by atoms with Gasteiger partial charge < -0.3 is 4.74 Å². The summed E-state index contributed by atoms with van der Waals surface area (Å²) in [5.41, 5.74) is 3.73. The zero-order valence-electron chi connectivity index (χ0n) is 10.8. The van der Waals surface area contributed by atoms with Gasteiger partial charge in [-0.2, -0.15) is 5.10 Å². The van der Waals surface area contributed by atoms with Crippen LogP contribution in [0.25, 0.3) is 0 Å². The molecule has 0 saturated carbocycles. The number of benzene rings is 2. The third-order valence-electron chi connectivity index (χ3n) is 2.60. The monoisotopic (exact) mass is 288 g/mol. The average Bonchev–Trinajstić information content (AvgIpc) is 2.49. The Balaban J connectivity index is 2.03. The predicted molar refractivity (Wildman–Crippen MR) is 79.5 cm³/mol. The number of hydrogen-bond acceptors (Lipinski definition) is 3. The maximum Gasteiger partial charge on any atom is 0.275 e. The van der Waals surface area contributed by atoms with Crippen LogP contribution in [0, 0.1) is 0 Å². The topological polar surface area (TPSA) is 50.7 Å². The van der Waals surface area contributed by atoms with Gasteiger partial charge in [0.05, 0.1) is 18.9 Å². The molecule has 0 aliphatic rings. The van der Waals surface area contributed by atoms with E-state index in [-0.39, 0.29) is 5.91 Å². The van der Waals surface area contributed by atoms with Crippen molar-refractivity contribution in [1.82, 2.24) is 5.43 Å². The van der Waals surface area contributed by atoms with Gasteiger partial charge in [-0.25, -0.2) is 5.43 Å². The van der Waals surface area contributed by atoms with E-state index in [2.05, 4.69) is 10.5 Å². The first-order valence-corrected chi connectivity index (χ1v) is 6.30. The van der Waals surface area contributed by atoms with Crippen molar-refractivity contribution >= 4 is 23.7 Å². The molecular weight excluding hydrogens is 276 g/mol. The number of halogens is 1. The number of amides is 1. The summed E-state index contributed by atoms with van der Waals surface area (Å²) < 4.78 is 5.12. The van der Waals surface area contributed by atoms with Crippen LogP contribution in [-0.4, -0.2) is 19.2 Å². The number of para-hydroxylation sites is 1. The van der Waals surface area contributed by atoms with Crippen molar-refractivity contribution in [2.45, 2.75) is 0 Å². The van der Waals surface area contributed by atoms with Crippen LogP contribution in [-0.2, 0) is 0 Å². The Morgan fingerprint density at radius 1 is 1.20 bits per heavy atom. The van der Waals surface area contributed by atoms with Crippen molar-refractivity contribution in [1.29, 1.82) is 0 Å². The van der Waals surface area contributed by atoms with Crippen molar-refractivity contribution in [2.75, 3.05) is 7.11 Å². The molecule has 20 heavy (non-hydrogen) atoms. The Bertz CT molecular complexity index is 624. The lowest BCUT2D eigenvalue weighted by Gasteiger charge is -2.05. The van der Waals surface area contributed by atoms with Crippen LogP contribution in [0.2, 0.25) is 5.02 Å². The molecular formula is C15H13ClN2O2. The lowest BCUT2D eigenvalue weighted by molar-refractivity contribution is 0.0952. The van der Waals surface area contributed by atoms with E-state index < -0.39 is 0 Å². The Morgan fingerprint density at radius 2 is 1.90 bits per heavy atom. The van der Waals surface area contributed by atoms with Crippen molar-refractivity contribution in [2.24, 2.45) is 5.10 Å². The van der Waals surface area contributed by atoms with E-state index in [1.807, 2.05) is 0 Å². The van der Waals surface area contributed by atoms with Crippen molar-refractivity contribution in [3.63, 3.8) is 0 Å². The Morgan fingerprint density at radius 3 is 2.60 bits per heavy atom. The standard InChI is InChI=1S/C15H13ClN2O2/c1-20-14-5-3-2-4-13(14)15(19)18-17-10-11-6-8-12(16)9-7-11/h2-10H,1H3,(H,18,19). The van der Waals surface area contributed by atoms with Gasteiger partial charge in [-0.05, 0) is 29.8 Å². The van der Waals surface area contributed by atoms with Crippen molar-refractivity contribution < 1.29 is 9.53 Å². The van der Waals surface area contributed by atoms with Gasteiger partial charge in [-0.1, -0.05) is 35.9 Å². The zero-order chi connectivity index (χ0) is 14.4. The van der Waals surface area contributed by atoms with Gasteiger partial charge >= 0.3 is 0 Å². The van der Waals surface area contributed by atoms with E-state index in [4.69, 9.17) is 16.3 Å². The van der Waals surface area contributed by atoms with E-state index in [1.54, 1.807) is 54.7 Å². The molecule has 2 aromatic carbocycles. The van der Waals surface area contributed by atoms with Crippen LogP contribution >= 0.6 is 11.6 Å². The number of methoxy groups -OCH3 is 1. The first-order chi connectivity index (χ1) is 9.70. The van der Waals surface area contributed by atoms with Gasteiger partial charge in [0.15, 0.2) is 0 Å². The molecule has 0 radical (unpaired) electrons. The SMILES string of the molecule is COc1ccccc1C(=O)NN=Cc1ccc(Cl)cc1. The summed E-state index contributed by atoms with van der Waals surface area (Å²) in [5.74, 6) is 0.180. The van der Waals surface area contributed by atoms with E-state index in [0.29, 0.717) is 16.3 Å². The smallest absolute Gasteiger partial charge is 0.275 e. The maximum atomic E-state index is 11.9. The minimum atomic E-state index is -0.326.